The number of rotatable bonds is 12. The number of thioether (sulfide) groups is 1. The molecule has 11 heteroatoms. The summed E-state index contributed by atoms with van der Waals surface area (Å²) in [5.74, 6) is 1.81. The third-order valence-corrected chi connectivity index (χ3v) is 8.79. The Morgan fingerprint density at radius 1 is 0.830 bits per heavy atom. The molecule has 6 rings (SSSR count). The van der Waals surface area contributed by atoms with Crippen LogP contribution in [0.1, 0.15) is 45.3 Å². The van der Waals surface area contributed by atoms with Gasteiger partial charge in [0.1, 0.15) is 11.5 Å². The van der Waals surface area contributed by atoms with Crippen LogP contribution < -0.4 is 14.8 Å². The van der Waals surface area contributed by atoms with Gasteiger partial charge in [0.05, 0.1) is 44.8 Å². The second-order valence-corrected chi connectivity index (χ2v) is 11.8. The van der Waals surface area contributed by atoms with Crippen LogP contribution in [0.4, 0.5) is 0 Å². The van der Waals surface area contributed by atoms with Gasteiger partial charge in [-0.15, -0.1) is 10.2 Å². The van der Waals surface area contributed by atoms with Crippen LogP contribution in [0.15, 0.2) is 119 Å². The van der Waals surface area contributed by atoms with Crippen LogP contribution in [0.25, 0.3) is 0 Å². The molecular weight excluding hydrogens is 613 g/mol. The molecule has 2 heterocycles. The summed E-state index contributed by atoms with van der Waals surface area (Å²) in [6.07, 6.45) is 0.560. The minimum absolute atomic E-state index is 0.0926. The Morgan fingerprint density at radius 2 is 1.47 bits per heavy atom. The Kier molecular flexibility index (Phi) is 9.93. The Balaban J connectivity index is 1.22. The number of hydrogen-bond donors (Lipinski definition) is 1. The van der Waals surface area contributed by atoms with Crippen molar-refractivity contribution >= 4 is 29.3 Å². The summed E-state index contributed by atoms with van der Waals surface area (Å²) in [6.45, 7) is 0.669. The number of ether oxygens (including phenoxy) is 2. The van der Waals surface area contributed by atoms with E-state index in [2.05, 4.69) is 15.5 Å². The molecule has 0 saturated heterocycles. The number of methoxy groups -OCH3 is 2. The van der Waals surface area contributed by atoms with E-state index in [4.69, 9.17) is 14.6 Å². The zero-order valence-corrected chi connectivity index (χ0v) is 26.9. The number of hydrogen-bond acceptors (Lipinski definition) is 8. The lowest BCUT2D eigenvalue weighted by Gasteiger charge is -2.22. The standard InChI is InChI=1S/C36H34N6O4S/c1-45-29-17-13-26(14-18-29)31-21-32(27-15-19-30(46-2)20-16-27)42(40-31)34(43)24-47-36-39-38-33(41(36)23-25-9-5-3-6-10-25)22-37-35(44)28-11-7-4-8-12-28/h3-20,32H,21-24H2,1-2H3,(H,37,44). The minimum Gasteiger partial charge on any atom is -0.497 e. The van der Waals surface area contributed by atoms with Crippen molar-refractivity contribution in [2.75, 3.05) is 20.0 Å². The van der Waals surface area contributed by atoms with Crippen LogP contribution in [0.5, 0.6) is 11.5 Å². The Hall–Kier alpha value is -5.42. The fourth-order valence-electron chi connectivity index (χ4n) is 5.31. The number of benzene rings is 4. The van der Waals surface area contributed by atoms with Crippen molar-refractivity contribution < 1.29 is 19.1 Å². The zero-order valence-electron chi connectivity index (χ0n) is 26.1. The van der Waals surface area contributed by atoms with Gasteiger partial charge in [-0.25, -0.2) is 5.01 Å². The molecule has 0 aliphatic carbocycles. The van der Waals surface area contributed by atoms with Crippen LogP contribution >= 0.6 is 11.8 Å². The molecule has 2 amide bonds. The molecule has 0 saturated carbocycles. The van der Waals surface area contributed by atoms with Crippen LogP contribution in [0.2, 0.25) is 0 Å². The fourth-order valence-corrected chi connectivity index (χ4v) is 6.12. The highest BCUT2D eigenvalue weighted by Gasteiger charge is 2.33. The Labute approximate surface area is 277 Å². The molecule has 5 aromatic rings. The second kappa shape index (κ2) is 14.8. The molecule has 1 atom stereocenters. The van der Waals surface area contributed by atoms with E-state index in [0.29, 0.717) is 29.5 Å². The molecule has 0 fully saturated rings. The number of nitrogens with zero attached hydrogens (tertiary/aromatic N) is 5. The summed E-state index contributed by atoms with van der Waals surface area (Å²) < 4.78 is 12.6. The number of aromatic nitrogens is 3. The molecule has 1 N–H and O–H groups in total. The smallest absolute Gasteiger partial charge is 0.253 e. The first-order valence-electron chi connectivity index (χ1n) is 15.1. The Bertz CT molecular complexity index is 1840. The monoisotopic (exact) mass is 646 g/mol. The van der Waals surface area contributed by atoms with Gasteiger partial charge in [0.15, 0.2) is 11.0 Å². The van der Waals surface area contributed by atoms with E-state index in [-0.39, 0.29) is 30.2 Å². The number of amides is 2. The maximum atomic E-state index is 13.9. The molecule has 10 nitrogen and oxygen atoms in total. The van der Waals surface area contributed by atoms with Crippen molar-refractivity contribution in [1.29, 1.82) is 0 Å². The first kappa shape index (κ1) is 31.6. The predicted molar refractivity (Wildman–Crippen MR) is 181 cm³/mol. The molecule has 47 heavy (non-hydrogen) atoms. The quantitative estimate of drug-likeness (QED) is 0.172. The van der Waals surface area contributed by atoms with Gasteiger partial charge in [0.25, 0.3) is 11.8 Å². The van der Waals surface area contributed by atoms with Crippen molar-refractivity contribution in [3.05, 3.63) is 137 Å². The number of carbonyl (C=O) groups excluding carboxylic acids is 2. The average molecular weight is 647 g/mol. The minimum atomic E-state index is -0.281. The van der Waals surface area contributed by atoms with Gasteiger partial charge in [-0.3, -0.25) is 9.59 Å². The first-order valence-corrected chi connectivity index (χ1v) is 16.1. The first-order chi connectivity index (χ1) is 23.0. The molecule has 1 aliphatic rings. The lowest BCUT2D eigenvalue weighted by molar-refractivity contribution is -0.130. The molecule has 0 radical (unpaired) electrons. The molecular formula is C36H34N6O4S. The van der Waals surface area contributed by atoms with E-state index in [1.807, 2.05) is 102 Å². The van der Waals surface area contributed by atoms with Crippen LogP contribution in [0.3, 0.4) is 0 Å². The molecule has 4 aromatic carbocycles. The molecule has 1 unspecified atom stereocenters. The van der Waals surface area contributed by atoms with Crippen molar-refractivity contribution in [1.82, 2.24) is 25.1 Å². The molecule has 0 spiro atoms. The van der Waals surface area contributed by atoms with Gasteiger partial charge < -0.3 is 19.4 Å². The molecule has 0 bridgehead atoms. The second-order valence-electron chi connectivity index (χ2n) is 10.8. The van der Waals surface area contributed by atoms with Crippen molar-refractivity contribution in [2.24, 2.45) is 5.10 Å². The summed E-state index contributed by atoms with van der Waals surface area (Å²) in [4.78, 5) is 26.6. The number of nitrogens with one attached hydrogen (secondary N) is 1. The highest BCUT2D eigenvalue weighted by Crippen LogP contribution is 2.35. The van der Waals surface area contributed by atoms with Gasteiger partial charge in [-0.05, 0) is 65.2 Å². The highest BCUT2D eigenvalue weighted by molar-refractivity contribution is 7.99. The topological polar surface area (TPSA) is 111 Å². The third kappa shape index (κ3) is 7.53. The maximum absolute atomic E-state index is 13.9. The van der Waals surface area contributed by atoms with Crippen LogP contribution in [0, 0.1) is 0 Å². The van der Waals surface area contributed by atoms with Crippen molar-refractivity contribution in [3.8, 4) is 11.5 Å². The summed E-state index contributed by atoms with van der Waals surface area (Å²) in [5, 5.41) is 18.7. The summed E-state index contributed by atoms with van der Waals surface area (Å²) in [5.41, 5.74) is 4.31. The van der Waals surface area contributed by atoms with Gasteiger partial charge in [0.2, 0.25) is 0 Å². The van der Waals surface area contributed by atoms with E-state index in [9.17, 15) is 9.59 Å². The van der Waals surface area contributed by atoms with Crippen LogP contribution in [-0.4, -0.2) is 57.3 Å². The lowest BCUT2D eigenvalue weighted by Crippen LogP contribution is -2.28. The van der Waals surface area contributed by atoms with Crippen molar-refractivity contribution in [2.45, 2.75) is 30.7 Å². The zero-order chi connectivity index (χ0) is 32.6. The maximum Gasteiger partial charge on any atom is 0.253 e. The van der Waals surface area contributed by atoms with Gasteiger partial charge >= 0.3 is 0 Å². The van der Waals surface area contributed by atoms with Gasteiger partial charge in [-0.1, -0.05) is 72.4 Å². The molecule has 238 valence electrons. The normalized spacial score (nSPS) is 14.0. The van der Waals surface area contributed by atoms with Gasteiger partial charge in [-0.2, -0.15) is 5.10 Å². The summed E-state index contributed by atoms with van der Waals surface area (Å²) >= 11 is 1.30. The Morgan fingerprint density at radius 3 is 2.13 bits per heavy atom. The highest BCUT2D eigenvalue weighted by atomic mass is 32.2. The fraction of sp³-hybridized carbons (Fsp3) is 0.194. The van der Waals surface area contributed by atoms with Gasteiger partial charge in [0, 0.05) is 12.0 Å². The van der Waals surface area contributed by atoms with Crippen molar-refractivity contribution in [3.63, 3.8) is 0 Å². The van der Waals surface area contributed by atoms with E-state index in [1.165, 1.54) is 11.8 Å². The van der Waals surface area contributed by atoms with E-state index in [1.54, 1.807) is 31.4 Å². The molecule has 1 aromatic heterocycles. The largest absolute Gasteiger partial charge is 0.497 e. The number of hydrazone groups is 1. The predicted octanol–water partition coefficient (Wildman–Crippen LogP) is 5.74. The molecule has 1 aliphatic heterocycles. The summed E-state index contributed by atoms with van der Waals surface area (Å²) in [6, 6.07) is 34.1. The third-order valence-electron chi connectivity index (χ3n) is 7.83. The average Bonchev–Trinajstić information content (AvgIpc) is 3.75. The van der Waals surface area contributed by atoms with Crippen LogP contribution in [-0.2, 0) is 17.9 Å². The van der Waals surface area contributed by atoms with E-state index in [0.717, 1.165) is 33.9 Å². The lowest BCUT2D eigenvalue weighted by atomic mass is 9.98. The summed E-state index contributed by atoms with van der Waals surface area (Å²) in [7, 11) is 3.26. The SMILES string of the molecule is COc1ccc(C2=NN(C(=O)CSc3nnc(CNC(=O)c4ccccc4)n3Cc3ccccc3)C(c3ccc(OC)cc3)C2)cc1. The van der Waals surface area contributed by atoms with E-state index >= 15 is 0 Å². The van der Waals surface area contributed by atoms with E-state index < -0.39 is 0 Å². The number of carbonyl (C=O) groups is 2.